The van der Waals surface area contributed by atoms with Gasteiger partial charge in [-0.15, -0.1) is 0 Å². The Labute approximate surface area is 111 Å². The maximum Gasteiger partial charge on any atom is 0.169 e. The maximum absolute atomic E-state index is 14.2. The molecule has 0 bridgehead atoms. The van der Waals surface area contributed by atoms with Gasteiger partial charge >= 0.3 is 0 Å². The second-order valence-corrected chi connectivity index (χ2v) is 5.07. The summed E-state index contributed by atoms with van der Waals surface area (Å²) in [7, 11) is 0. The second-order valence-electron chi connectivity index (χ2n) is 4.69. The zero-order valence-electron chi connectivity index (χ0n) is 10.4. The van der Waals surface area contributed by atoms with Gasteiger partial charge in [-0.3, -0.25) is 0 Å². The molecule has 2 atom stereocenters. The van der Waals surface area contributed by atoms with E-state index >= 15 is 0 Å². The Balaban J connectivity index is 2.41. The number of hydrogen-bond acceptors (Lipinski definition) is 4. The average Bonchev–Trinajstić information content (AvgIpc) is 2.24. The molecule has 0 amide bonds. The van der Waals surface area contributed by atoms with Gasteiger partial charge in [0.05, 0.1) is 29.3 Å². The highest BCUT2D eigenvalue weighted by Gasteiger charge is 2.27. The number of ether oxygens (including phenoxy) is 1. The van der Waals surface area contributed by atoms with Crippen molar-refractivity contribution in [1.82, 2.24) is 0 Å². The average molecular weight is 274 g/mol. The lowest BCUT2D eigenvalue weighted by Crippen LogP contribution is -2.46. The first kappa shape index (κ1) is 13.2. The Morgan fingerprint density at radius 2 is 1.83 bits per heavy atom. The molecule has 4 N–H and O–H groups in total. The van der Waals surface area contributed by atoms with E-state index in [1.807, 2.05) is 18.7 Å². The lowest BCUT2D eigenvalue weighted by molar-refractivity contribution is -0.00534. The van der Waals surface area contributed by atoms with Gasteiger partial charge in [0.15, 0.2) is 5.82 Å². The quantitative estimate of drug-likeness (QED) is 0.771. The van der Waals surface area contributed by atoms with E-state index in [0.29, 0.717) is 24.5 Å². The fourth-order valence-corrected chi connectivity index (χ4v) is 2.48. The SMILES string of the molecule is CC1CN(c2c(N)cc(N)c(Cl)c2F)CC(C)O1. The van der Waals surface area contributed by atoms with Crippen LogP contribution in [0.1, 0.15) is 13.8 Å². The molecule has 100 valence electrons. The van der Waals surface area contributed by atoms with Gasteiger partial charge in [-0.1, -0.05) is 11.6 Å². The van der Waals surface area contributed by atoms with Crippen LogP contribution in [-0.2, 0) is 4.74 Å². The van der Waals surface area contributed by atoms with E-state index in [2.05, 4.69) is 0 Å². The molecule has 1 aliphatic heterocycles. The molecule has 6 heteroatoms. The van der Waals surface area contributed by atoms with E-state index in [4.69, 9.17) is 27.8 Å². The van der Waals surface area contributed by atoms with Crippen LogP contribution in [0, 0.1) is 5.82 Å². The predicted molar refractivity (Wildman–Crippen MR) is 72.5 cm³/mol. The Kier molecular flexibility index (Phi) is 3.54. The van der Waals surface area contributed by atoms with Crippen LogP contribution in [0.2, 0.25) is 5.02 Å². The number of halogens is 2. The molecule has 1 fully saturated rings. The highest BCUT2D eigenvalue weighted by atomic mass is 35.5. The number of morpholine rings is 1. The molecule has 4 nitrogen and oxygen atoms in total. The molecule has 2 unspecified atom stereocenters. The molecule has 1 saturated heterocycles. The minimum absolute atomic E-state index is 0.0175. The van der Waals surface area contributed by atoms with Gasteiger partial charge in [-0.2, -0.15) is 0 Å². The minimum atomic E-state index is -0.560. The van der Waals surface area contributed by atoms with Crippen molar-refractivity contribution >= 4 is 28.7 Å². The number of anilines is 3. The summed E-state index contributed by atoms with van der Waals surface area (Å²) in [5.74, 6) is -0.560. The minimum Gasteiger partial charge on any atom is -0.397 e. The summed E-state index contributed by atoms with van der Waals surface area (Å²) >= 11 is 5.83. The van der Waals surface area contributed by atoms with Gasteiger partial charge in [0.2, 0.25) is 0 Å². The zero-order chi connectivity index (χ0) is 13.4. The van der Waals surface area contributed by atoms with Crippen molar-refractivity contribution in [2.45, 2.75) is 26.1 Å². The summed E-state index contributed by atoms with van der Waals surface area (Å²) in [6.07, 6.45) is 0.0350. The zero-order valence-corrected chi connectivity index (χ0v) is 11.2. The largest absolute Gasteiger partial charge is 0.397 e. The van der Waals surface area contributed by atoms with Gasteiger partial charge in [-0.05, 0) is 19.9 Å². The highest BCUT2D eigenvalue weighted by Crippen LogP contribution is 2.37. The molecule has 1 aromatic carbocycles. The van der Waals surface area contributed by atoms with Crippen LogP contribution in [0.15, 0.2) is 6.07 Å². The molecule has 0 radical (unpaired) electrons. The van der Waals surface area contributed by atoms with Crippen molar-refractivity contribution < 1.29 is 9.13 Å². The summed E-state index contributed by atoms with van der Waals surface area (Å²) < 4.78 is 19.8. The van der Waals surface area contributed by atoms with Crippen LogP contribution in [0.25, 0.3) is 0 Å². The molecular weight excluding hydrogens is 257 g/mol. The van der Waals surface area contributed by atoms with Gasteiger partial charge in [-0.25, -0.2) is 4.39 Å². The second kappa shape index (κ2) is 4.82. The van der Waals surface area contributed by atoms with Crippen LogP contribution in [-0.4, -0.2) is 25.3 Å². The topological polar surface area (TPSA) is 64.5 Å². The molecule has 0 spiro atoms. The van der Waals surface area contributed by atoms with Crippen molar-refractivity contribution in [3.8, 4) is 0 Å². The smallest absolute Gasteiger partial charge is 0.169 e. The molecule has 18 heavy (non-hydrogen) atoms. The van der Waals surface area contributed by atoms with E-state index in [-0.39, 0.29) is 22.9 Å². The van der Waals surface area contributed by atoms with Crippen molar-refractivity contribution in [2.75, 3.05) is 29.5 Å². The third kappa shape index (κ3) is 2.33. The molecule has 1 aromatic rings. The van der Waals surface area contributed by atoms with Gasteiger partial charge < -0.3 is 21.1 Å². The van der Waals surface area contributed by atoms with E-state index in [1.54, 1.807) is 0 Å². The van der Waals surface area contributed by atoms with Crippen LogP contribution in [0.5, 0.6) is 0 Å². The van der Waals surface area contributed by atoms with Crippen molar-refractivity contribution in [3.05, 3.63) is 16.9 Å². The Bertz CT molecular complexity index is 459. The van der Waals surface area contributed by atoms with Gasteiger partial charge in [0.1, 0.15) is 5.02 Å². The lowest BCUT2D eigenvalue weighted by Gasteiger charge is -2.37. The third-order valence-electron chi connectivity index (χ3n) is 2.97. The van der Waals surface area contributed by atoms with E-state index in [1.165, 1.54) is 6.07 Å². The fraction of sp³-hybridized carbons (Fsp3) is 0.500. The first-order valence-corrected chi connectivity index (χ1v) is 6.21. The van der Waals surface area contributed by atoms with Crippen molar-refractivity contribution in [3.63, 3.8) is 0 Å². The molecule has 1 heterocycles. The summed E-state index contributed by atoms with van der Waals surface area (Å²) in [5, 5.41) is -0.0778. The maximum atomic E-state index is 14.2. The van der Waals surface area contributed by atoms with Gasteiger partial charge in [0.25, 0.3) is 0 Å². The number of hydrogen-bond donors (Lipinski definition) is 2. The van der Waals surface area contributed by atoms with E-state index in [0.717, 1.165) is 0 Å². The van der Waals surface area contributed by atoms with Crippen LogP contribution in [0.4, 0.5) is 21.5 Å². The highest BCUT2D eigenvalue weighted by molar-refractivity contribution is 6.33. The standard InChI is InChI=1S/C12H17ClFN3O/c1-6-4-17(5-7(2)18-6)12-9(16)3-8(15)10(13)11(12)14/h3,6-7H,4-5,15-16H2,1-2H3. The summed E-state index contributed by atoms with van der Waals surface area (Å²) in [4.78, 5) is 1.86. The Morgan fingerprint density at radius 1 is 1.28 bits per heavy atom. The van der Waals surface area contributed by atoms with Crippen molar-refractivity contribution in [1.29, 1.82) is 0 Å². The first-order chi connectivity index (χ1) is 8.40. The number of nitrogens with two attached hydrogens (primary N) is 2. The third-order valence-corrected chi connectivity index (χ3v) is 3.36. The Morgan fingerprint density at radius 3 is 2.39 bits per heavy atom. The molecule has 0 aromatic heterocycles. The lowest BCUT2D eigenvalue weighted by atomic mass is 10.1. The molecule has 0 saturated carbocycles. The molecule has 0 aliphatic carbocycles. The molecular formula is C12H17ClFN3O. The van der Waals surface area contributed by atoms with Gasteiger partial charge in [0, 0.05) is 13.1 Å². The van der Waals surface area contributed by atoms with Crippen molar-refractivity contribution in [2.24, 2.45) is 0 Å². The van der Waals surface area contributed by atoms with Crippen LogP contribution >= 0.6 is 11.6 Å². The van der Waals surface area contributed by atoms with Crippen LogP contribution < -0.4 is 16.4 Å². The number of nitrogen functional groups attached to an aromatic ring is 2. The normalized spacial score (nSPS) is 24.3. The predicted octanol–water partition coefficient (Wildman–Crippen LogP) is 2.26. The Hall–Kier alpha value is -1.20. The number of rotatable bonds is 1. The first-order valence-electron chi connectivity index (χ1n) is 5.83. The fourth-order valence-electron chi connectivity index (χ4n) is 2.34. The van der Waals surface area contributed by atoms with E-state index < -0.39 is 5.82 Å². The number of nitrogens with zero attached hydrogens (tertiary/aromatic N) is 1. The summed E-state index contributed by atoms with van der Waals surface area (Å²) in [6, 6.07) is 1.49. The monoisotopic (exact) mass is 273 g/mol. The summed E-state index contributed by atoms with van der Waals surface area (Å²) in [5.41, 5.74) is 12.2. The molecule has 2 rings (SSSR count). The summed E-state index contributed by atoms with van der Waals surface area (Å²) in [6.45, 7) is 5.03. The van der Waals surface area contributed by atoms with E-state index in [9.17, 15) is 4.39 Å². The molecule has 1 aliphatic rings. The van der Waals surface area contributed by atoms with Crippen LogP contribution in [0.3, 0.4) is 0 Å². The number of benzene rings is 1.